The van der Waals surface area contributed by atoms with E-state index in [9.17, 15) is 0 Å². The predicted octanol–water partition coefficient (Wildman–Crippen LogP) is -7.46. The van der Waals surface area contributed by atoms with Gasteiger partial charge in [0.2, 0.25) is 0 Å². The molecular formula is H5Ca2F2O4P. The van der Waals surface area contributed by atoms with E-state index in [-0.39, 0.29) is 87.7 Å². The van der Waals surface area contributed by atoms with Crippen LogP contribution < -0.4 is 9.41 Å². The van der Waals surface area contributed by atoms with Gasteiger partial charge in [-0.15, -0.1) is 0 Å². The molecule has 0 saturated heterocycles. The summed E-state index contributed by atoms with van der Waals surface area (Å²) in [5.41, 5.74) is 0. The largest absolute Gasteiger partial charge is 2.00 e. The average Bonchev–Trinajstić information content (AvgIpc) is 0.722. The van der Waals surface area contributed by atoms with Crippen molar-refractivity contribution in [1.29, 1.82) is 0 Å². The van der Waals surface area contributed by atoms with Crippen LogP contribution in [0, 0.1) is 0 Å². The van der Waals surface area contributed by atoms with Gasteiger partial charge in [0.05, 0.1) is 0 Å². The van der Waals surface area contributed by atoms with E-state index >= 15 is 0 Å². The molecule has 0 heterocycles. The summed E-state index contributed by atoms with van der Waals surface area (Å²) in [5.74, 6) is 0. The van der Waals surface area contributed by atoms with Crippen LogP contribution in [0.1, 0.15) is 2.85 Å². The van der Waals surface area contributed by atoms with Gasteiger partial charge >= 0.3 is 83.3 Å². The van der Waals surface area contributed by atoms with Gasteiger partial charge in [-0.2, -0.15) is 0 Å². The second kappa shape index (κ2) is 13.1. The Morgan fingerprint density at radius 2 is 1.00 bits per heavy atom. The number of rotatable bonds is 0. The van der Waals surface area contributed by atoms with Crippen LogP contribution in [0.4, 0.5) is 0 Å². The second-order valence-corrected chi connectivity index (χ2v) is 1.54. The van der Waals surface area contributed by atoms with Gasteiger partial charge in [0, 0.05) is 0 Å². The topological polar surface area (TPSA) is 77.8 Å². The van der Waals surface area contributed by atoms with Gasteiger partial charge in [-0.1, -0.05) is 0 Å². The molecule has 9 heavy (non-hydrogen) atoms. The first kappa shape index (κ1) is 30.0. The molecule has 0 radical (unpaired) electrons. The summed E-state index contributed by atoms with van der Waals surface area (Å²) in [4.78, 5) is 21.6. The van der Waals surface area contributed by atoms with Crippen molar-refractivity contribution in [2.24, 2.45) is 0 Å². The second-order valence-electron chi connectivity index (χ2n) is 0.513. The molecule has 52 valence electrons. The SMILES string of the molecule is O=P(O)(O)O.[Ca+2].[Ca+2].[F-].[F-].[H-].[H-]. The Morgan fingerprint density at radius 3 is 1.00 bits per heavy atom. The number of hydrogen-bond acceptors (Lipinski definition) is 1. The first-order valence-electron chi connectivity index (χ1n) is 0.783. The maximum absolute atomic E-state index is 8.88. The Kier molecular flexibility index (Phi) is 43.7. The van der Waals surface area contributed by atoms with Crippen LogP contribution in [0.2, 0.25) is 0 Å². The molecule has 0 atom stereocenters. The fourth-order valence-electron chi connectivity index (χ4n) is 0. The maximum atomic E-state index is 8.88. The number of phosphoric acid groups is 1. The molecule has 0 spiro atoms. The van der Waals surface area contributed by atoms with Crippen molar-refractivity contribution in [2.45, 2.75) is 0 Å². The summed E-state index contributed by atoms with van der Waals surface area (Å²) in [5, 5.41) is 0. The molecule has 0 aliphatic heterocycles. The summed E-state index contributed by atoms with van der Waals surface area (Å²) in [7, 11) is -4.64. The van der Waals surface area contributed by atoms with Crippen molar-refractivity contribution in [3.05, 3.63) is 0 Å². The molecule has 0 aromatic rings. The summed E-state index contributed by atoms with van der Waals surface area (Å²) in [6, 6.07) is 0. The van der Waals surface area contributed by atoms with Gasteiger partial charge in [0.15, 0.2) is 0 Å². The van der Waals surface area contributed by atoms with E-state index < -0.39 is 7.82 Å². The number of hydrogen-bond donors (Lipinski definition) is 3. The van der Waals surface area contributed by atoms with Gasteiger partial charge in [0.1, 0.15) is 0 Å². The van der Waals surface area contributed by atoms with Gasteiger partial charge in [-0.3, -0.25) is 0 Å². The van der Waals surface area contributed by atoms with Crippen LogP contribution in [0.5, 0.6) is 0 Å². The molecule has 0 saturated carbocycles. The summed E-state index contributed by atoms with van der Waals surface area (Å²) in [6.07, 6.45) is 0. The molecule has 0 amide bonds. The Morgan fingerprint density at radius 1 is 1.00 bits per heavy atom. The quantitative estimate of drug-likeness (QED) is 0.279. The zero-order valence-corrected chi connectivity index (χ0v) is 9.68. The minimum Gasteiger partial charge on any atom is -1.00 e. The smallest absolute Gasteiger partial charge is 1.00 e. The molecular weight excluding hydrogens is 213 g/mol. The van der Waals surface area contributed by atoms with E-state index in [0.29, 0.717) is 0 Å². The molecule has 9 heteroatoms. The van der Waals surface area contributed by atoms with E-state index in [4.69, 9.17) is 19.2 Å². The Hall–Kier alpha value is 2.49. The number of halogens is 2. The Labute approximate surface area is 113 Å². The first-order valence-corrected chi connectivity index (χ1v) is 2.35. The van der Waals surface area contributed by atoms with Crippen molar-refractivity contribution in [1.82, 2.24) is 0 Å². The van der Waals surface area contributed by atoms with Gasteiger partial charge in [-0.25, -0.2) is 4.57 Å². The maximum Gasteiger partial charge on any atom is 2.00 e. The van der Waals surface area contributed by atoms with Crippen molar-refractivity contribution in [3.8, 4) is 0 Å². The third-order valence-corrected chi connectivity index (χ3v) is 0. The minimum absolute atomic E-state index is 0. The fourth-order valence-corrected chi connectivity index (χ4v) is 0. The van der Waals surface area contributed by atoms with E-state index in [1.807, 2.05) is 0 Å². The summed E-state index contributed by atoms with van der Waals surface area (Å²) < 4.78 is 8.88. The van der Waals surface area contributed by atoms with E-state index in [1.165, 1.54) is 0 Å². The molecule has 0 aromatic carbocycles. The monoisotopic (exact) mass is 218 g/mol. The third kappa shape index (κ3) is 122. The van der Waals surface area contributed by atoms with Crippen LogP contribution in [0.15, 0.2) is 0 Å². The van der Waals surface area contributed by atoms with Crippen LogP contribution >= 0.6 is 7.82 Å². The normalized spacial score (nSPS) is 6.56. The van der Waals surface area contributed by atoms with Crippen molar-refractivity contribution in [2.75, 3.05) is 0 Å². The molecule has 0 aliphatic carbocycles. The molecule has 0 unspecified atom stereocenters. The zero-order chi connectivity index (χ0) is 4.50. The predicted molar refractivity (Wildman–Crippen MR) is 28.0 cm³/mol. The Balaban J connectivity index is -0.00000000533. The molecule has 0 fully saturated rings. The third-order valence-electron chi connectivity index (χ3n) is 0. The molecule has 0 rings (SSSR count). The van der Waals surface area contributed by atoms with Crippen LogP contribution in [-0.2, 0) is 4.57 Å². The minimum atomic E-state index is -4.64. The molecule has 0 aliphatic rings. The molecule has 0 aromatic heterocycles. The first-order chi connectivity index (χ1) is 2.00. The van der Waals surface area contributed by atoms with Crippen LogP contribution in [0.3, 0.4) is 0 Å². The fraction of sp³-hybridized carbons (Fsp3) is 0. The molecule has 0 bridgehead atoms. The van der Waals surface area contributed by atoms with E-state index in [2.05, 4.69) is 0 Å². The van der Waals surface area contributed by atoms with Crippen molar-refractivity contribution in [3.63, 3.8) is 0 Å². The van der Waals surface area contributed by atoms with Crippen LogP contribution in [0.25, 0.3) is 0 Å². The molecule has 3 N–H and O–H groups in total. The summed E-state index contributed by atoms with van der Waals surface area (Å²) >= 11 is 0. The summed E-state index contributed by atoms with van der Waals surface area (Å²) in [6.45, 7) is 0. The molecule has 4 nitrogen and oxygen atoms in total. The van der Waals surface area contributed by atoms with E-state index in [1.54, 1.807) is 0 Å². The van der Waals surface area contributed by atoms with Crippen molar-refractivity contribution >= 4 is 83.3 Å². The standard InChI is InChI=1S/2Ca.2FH.H3O4P.2H/c;;;;1-5(2,3)4;;/h;;2*1H;(H3,1,2,3,4);;/q2*+2;;;;2*-1/p-2. The van der Waals surface area contributed by atoms with Gasteiger partial charge in [0.25, 0.3) is 0 Å². The van der Waals surface area contributed by atoms with Gasteiger partial charge in [-0.05, 0) is 0 Å². The Bertz CT molecular complexity index is 70.2. The van der Waals surface area contributed by atoms with Crippen LogP contribution in [-0.4, -0.2) is 90.2 Å². The zero-order valence-electron chi connectivity index (χ0n) is 6.37. The van der Waals surface area contributed by atoms with Crippen molar-refractivity contribution < 1.29 is 31.5 Å². The van der Waals surface area contributed by atoms with Gasteiger partial charge < -0.3 is 26.9 Å². The van der Waals surface area contributed by atoms with E-state index in [0.717, 1.165) is 0 Å². The average molecular weight is 218 g/mol.